The number of likely N-dealkylation sites (tertiary alicyclic amines) is 1. The molecule has 1 amide bonds. The van der Waals surface area contributed by atoms with Gasteiger partial charge in [0.1, 0.15) is 5.60 Å². The highest BCUT2D eigenvalue weighted by Gasteiger charge is 2.34. The number of halogens is 2. The lowest BCUT2D eigenvalue weighted by Gasteiger charge is -2.33. The van der Waals surface area contributed by atoms with Gasteiger partial charge in [0.2, 0.25) is 0 Å². The normalized spacial score (nSPS) is 17.0. The summed E-state index contributed by atoms with van der Waals surface area (Å²) in [5.41, 5.74) is -0.572. The minimum absolute atomic E-state index is 0.121. The molecule has 24 heavy (non-hydrogen) atoms. The highest BCUT2D eigenvalue weighted by Crippen LogP contribution is 2.29. The van der Waals surface area contributed by atoms with E-state index in [0.29, 0.717) is 25.9 Å². The lowest BCUT2D eigenvalue weighted by Crippen LogP contribution is -2.44. The van der Waals surface area contributed by atoms with Gasteiger partial charge in [0, 0.05) is 23.1 Å². The topological polar surface area (TPSA) is 63.7 Å². The van der Waals surface area contributed by atoms with Gasteiger partial charge in [0.15, 0.2) is 9.84 Å². The number of amides is 1. The molecule has 0 aliphatic carbocycles. The third-order valence-electron chi connectivity index (χ3n) is 3.70. The Bertz CT molecular complexity index is 700. The molecule has 0 radical (unpaired) electrons. The van der Waals surface area contributed by atoms with Crippen molar-refractivity contribution in [2.75, 3.05) is 13.1 Å². The van der Waals surface area contributed by atoms with Crippen LogP contribution in [0.25, 0.3) is 0 Å². The molecular weight excluding hydrogens is 373 g/mol. The van der Waals surface area contributed by atoms with Gasteiger partial charge in [0.25, 0.3) is 0 Å². The predicted octanol–water partition coefficient (Wildman–Crippen LogP) is 4.17. The summed E-state index contributed by atoms with van der Waals surface area (Å²) in [6.07, 6.45) is 0.293. The van der Waals surface area contributed by atoms with E-state index >= 15 is 0 Å². The van der Waals surface area contributed by atoms with Crippen molar-refractivity contribution in [3.63, 3.8) is 0 Å². The van der Waals surface area contributed by atoms with Crippen LogP contribution in [0.4, 0.5) is 4.79 Å². The van der Waals surface area contributed by atoms with Crippen molar-refractivity contribution in [1.82, 2.24) is 4.90 Å². The van der Waals surface area contributed by atoms with Crippen LogP contribution in [0, 0.1) is 0 Å². The summed E-state index contributed by atoms with van der Waals surface area (Å²) in [7, 11) is -3.54. The van der Waals surface area contributed by atoms with Crippen LogP contribution >= 0.6 is 23.2 Å². The minimum atomic E-state index is -3.54. The molecule has 0 N–H and O–H groups in total. The molecule has 2 rings (SSSR count). The van der Waals surface area contributed by atoms with Gasteiger partial charge in [-0.1, -0.05) is 23.2 Å². The first-order valence-electron chi connectivity index (χ1n) is 7.67. The van der Waals surface area contributed by atoms with Crippen LogP contribution in [0.15, 0.2) is 23.1 Å². The summed E-state index contributed by atoms with van der Waals surface area (Å²) < 4.78 is 30.8. The lowest BCUT2D eigenvalue weighted by molar-refractivity contribution is 0.0217. The zero-order valence-corrected chi connectivity index (χ0v) is 16.2. The second kappa shape index (κ2) is 7.10. The Morgan fingerprint density at radius 3 is 2.08 bits per heavy atom. The Labute approximate surface area is 152 Å². The van der Waals surface area contributed by atoms with E-state index < -0.39 is 26.8 Å². The number of ether oxygens (including phenoxy) is 1. The average molecular weight is 394 g/mol. The van der Waals surface area contributed by atoms with Crippen molar-refractivity contribution in [2.24, 2.45) is 0 Å². The van der Waals surface area contributed by atoms with E-state index in [2.05, 4.69) is 0 Å². The maximum atomic E-state index is 12.7. The molecule has 1 aliphatic heterocycles. The third kappa shape index (κ3) is 4.77. The van der Waals surface area contributed by atoms with E-state index in [0.717, 1.165) is 0 Å². The standard InChI is InChI=1S/C16H21Cl2NO4S/c1-16(2,3)23-15(20)19-6-4-13(5-7-19)24(21,22)14-9-11(17)8-12(18)10-14/h8-10,13H,4-7H2,1-3H3. The molecule has 1 aromatic carbocycles. The Morgan fingerprint density at radius 1 is 1.12 bits per heavy atom. The highest BCUT2D eigenvalue weighted by molar-refractivity contribution is 7.92. The van der Waals surface area contributed by atoms with E-state index in [1.165, 1.54) is 18.2 Å². The summed E-state index contributed by atoms with van der Waals surface area (Å²) in [6.45, 7) is 6.07. The summed E-state index contributed by atoms with van der Waals surface area (Å²) in [5, 5.41) is 0.00486. The molecule has 8 heteroatoms. The number of sulfone groups is 1. The van der Waals surface area contributed by atoms with Gasteiger partial charge in [0.05, 0.1) is 10.1 Å². The zero-order valence-electron chi connectivity index (χ0n) is 13.9. The SMILES string of the molecule is CC(C)(C)OC(=O)N1CCC(S(=O)(=O)c2cc(Cl)cc(Cl)c2)CC1. The van der Waals surface area contributed by atoms with Crippen molar-refractivity contribution in [3.8, 4) is 0 Å². The van der Waals surface area contributed by atoms with E-state index in [-0.39, 0.29) is 14.9 Å². The third-order valence-corrected chi connectivity index (χ3v) is 6.38. The summed E-state index contributed by atoms with van der Waals surface area (Å²) in [6, 6.07) is 4.30. The summed E-state index contributed by atoms with van der Waals surface area (Å²) in [5.74, 6) is 0. The van der Waals surface area contributed by atoms with Crippen LogP contribution in [0.5, 0.6) is 0 Å². The maximum Gasteiger partial charge on any atom is 0.410 e. The first kappa shape index (κ1) is 19.3. The highest BCUT2D eigenvalue weighted by atomic mass is 35.5. The van der Waals surface area contributed by atoms with E-state index in [1.54, 1.807) is 25.7 Å². The first-order valence-corrected chi connectivity index (χ1v) is 9.97. The smallest absolute Gasteiger partial charge is 0.410 e. The Balaban J connectivity index is 2.07. The molecule has 5 nitrogen and oxygen atoms in total. The van der Waals surface area contributed by atoms with Crippen LogP contribution in [0.3, 0.4) is 0 Å². The molecule has 0 unspecified atom stereocenters. The van der Waals surface area contributed by atoms with Gasteiger partial charge in [-0.2, -0.15) is 0 Å². The second-order valence-electron chi connectivity index (χ2n) is 6.82. The van der Waals surface area contributed by atoms with Crippen LogP contribution in [-0.4, -0.2) is 43.4 Å². The number of hydrogen-bond acceptors (Lipinski definition) is 4. The number of rotatable bonds is 2. The predicted molar refractivity (Wildman–Crippen MR) is 94.5 cm³/mol. The van der Waals surface area contributed by atoms with Crippen molar-refractivity contribution < 1.29 is 17.9 Å². The maximum absolute atomic E-state index is 12.7. The molecule has 1 fully saturated rings. The number of nitrogens with zero attached hydrogens (tertiary/aromatic N) is 1. The number of carbonyl (C=O) groups is 1. The quantitative estimate of drug-likeness (QED) is 0.756. The molecular formula is C16H21Cl2NO4S. The van der Waals surface area contributed by atoms with Gasteiger partial charge < -0.3 is 9.64 Å². The molecule has 0 aromatic heterocycles. The van der Waals surface area contributed by atoms with Gasteiger partial charge in [-0.3, -0.25) is 0 Å². The van der Waals surface area contributed by atoms with Crippen LogP contribution < -0.4 is 0 Å². The van der Waals surface area contributed by atoms with Crippen LogP contribution in [-0.2, 0) is 14.6 Å². The van der Waals surface area contributed by atoms with Crippen molar-refractivity contribution in [3.05, 3.63) is 28.2 Å². The monoisotopic (exact) mass is 393 g/mol. The molecule has 134 valence electrons. The zero-order chi connectivity index (χ0) is 18.1. The largest absolute Gasteiger partial charge is 0.444 e. The van der Waals surface area contributed by atoms with Crippen molar-refractivity contribution in [2.45, 2.75) is 49.4 Å². The number of piperidine rings is 1. The molecule has 0 atom stereocenters. The summed E-state index contributed by atoms with van der Waals surface area (Å²) >= 11 is 11.8. The van der Waals surface area contributed by atoms with Crippen molar-refractivity contribution >= 4 is 39.1 Å². The van der Waals surface area contributed by atoms with Gasteiger partial charge in [-0.05, 0) is 51.8 Å². The van der Waals surface area contributed by atoms with E-state index in [1.807, 2.05) is 0 Å². The number of hydrogen-bond donors (Lipinski definition) is 0. The van der Waals surface area contributed by atoms with Crippen molar-refractivity contribution in [1.29, 1.82) is 0 Å². The van der Waals surface area contributed by atoms with Crippen LogP contribution in [0.1, 0.15) is 33.6 Å². The molecule has 1 saturated heterocycles. The molecule has 1 aliphatic rings. The Kier molecular flexibility index (Phi) is 5.72. The molecule has 0 spiro atoms. The number of carbonyl (C=O) groups excluding carboxylic acids is 1. The fourth-order valence-electron chi connectivity index (χ4n) is 2.56. The second-order valence-corrected chi connectivity index (χ2v) is 9.92. The fourth-order valence-corrected chi connectivity index (χ4v) is 5.01. The van der Waals surface area contributed by atoms with E-state index in [9.17, 15) is 13.2 Å². The first-order chi connectivity index (χ1) is 11.0. The molecule has 1 aromatic rings. The minimum Gasteiger partial charge on any atom is -0.444 e. The Morgan fingerprint density at radius 2 is 1.62 bits per heavy atom. The molecule has 0 bridgehead atoms. The number of benzene rings is 1. The van der Waals surface area contributed by atoms with Gasteiger partial charge >= 0.3 is 6.09 Å². The average Bonchev–Trinajstić information content (AvgIpc) is 2.44. The van der Waals surface area contributed by atoms with E-state index in [4.69, 9.17) is 27.9 Å². The lowest BCUT2D eigenvalue weighted by atomic mass is 10.1. The molecule has 0 saturated carbocycles. The van der Waals surface area contributed by atoms with Gasteiger partial charge in [-0.15, -0.1) is 0 Å². The van der Waals surface area contributed by atoms with Crippen LogP contribution in [0.2, 0.25) is 10.0 Å². The molecule has 1 heterocycles. The Hall–Kier alpha value is -0.980. The fraction of sp³-hybridized carbons (Fsp3) is 0.562. The van der Waals surface area contributed by atoms with Gasteiger partial charge in [-0.25, -0.2) is 13.2 Å². The summed E-state index contributed by atoms with van der Waals surface area (Å²) in [4.78, 5) is 13.7.